The molecule has 25 heavy (non-hydrogen) atoms. The maximum atomic E-state index is 12.1. The maximum absolute atomic E-state index is 12.1. The number of anilines is 1. The zero-order valence-corrected chi connectivity index (χ0v) is 15.7. The van der Waals surface area contributed by atoms with Gasteiger partial charge in [-0.2, -0.15) is 0 Å². The van der Waals surface area contributed by atoms with Crippen molar-refractivity contribution in [3.05, 3.63) is 17.3 Å². The Hall–Kier alpha value is -1.73. The van der Waals surface area contributed by atoms with Gasteiger partial charge in [-0.25, -0.2) is 9.97 Å². The Bertz CT molecular complexity index is 776. The molecule has 3 rings (SSSR count). The lowest BCUT2D eigenvalue weighted by Crippen LogP contribution is -2.56. The number of nitrogens with zero attached hydrogens (tertiary/aromatic N) is 3. The topological polar surface area (TPSA) is 86.5 Å². The van der Waals surface area contributed by atoms with Gasteiger partial charge in [0.15, 0.2) is 0 Å². The molecule has 0 saturated carbocycles. The van der Waals surface area contributed by atoms with Crippen LogP contribution in [0.5, 0.6) is 0 Å². The van der Waals surface area contributed by atoms with E-state index < -0.39 is 17.5 Å². The van der Waals surface area contributed by atoms with E-state index in [0.29, 0.717) is 31.1 Å². The van der Waals surface area contributed by atoms with Gasteiger partial charge in [-0.15, -0.1) is 11.3 Å². The Morgan fingerprint density at radius 2 is 2.24 bits per heavy atom. The van der Waals surface area contributed by atoms with Crippen molar-refractivity contribution in [2.24, 2.45) is 11.3 Å². The highest BCUT2D eigenvalue weighted by Gasteiger charge is 2.49. The van der Waals surface area contributed by atoms with Gasteiger partial charge < -0.3 is 15.1 Å². The van der Waals surface area contributed by atoms with Crippen LogP contribution in [-0.2, 0) is 4.79 Å². The van der Waals surface area contributed by atoms with Gasteiger partial charge in [0.1, 0.15) is 21.9 Å². The van der Waals surface area contributed by atoms with E-state index in [2.05, 4.69) is 23.8 Å². The summed E-state index contributed by atoms with van der Waals surface area (Å²) in [6, 6.07) is 1.98. The first-order chi connectivity index (χ1) is 11.8. The molecule has 7 heteroatoms. The largest absolute Gasteiger partial charge is 0.481 e. The number of aliphatic carboxylic acids is 1. The third kappa shape index (κ3) is 3.35. The van der Waals surface area contributed by atoms with E-state index in [-0.39, 0.29) is 6.54 Å². The van der Waals surface area contributed by atoms with Crippen molar-refractivity contribution in [1.82, 2.24) is 9.97 Å². The lowest BCUT2D eigenvalue weighted by atomic mass is 9.72. The van der Waals surface area contributed by atoms with Crippen molar-refractivity contribution in [3.8, 4) is 0 Å². The number of hydrogen-bond acceptors (Lipinski definition) is 6. The van der Waals surface area contributed by atoms with Crippen LogP contribution in [0.15, 0.2) is 11.4 Å². The number of piperidine rings is 1. The van der Waals surface area contributed by atoms with Crippen LogP contribution in [0.3, 0.4) is 0 Å². The Kier molecular flexibility index (Phi) is 4.97. The van der Waals surface area contributed by atoms with E-state index >= 15 is 0 Å². The number of rotatable bonds is 5. The van der Waals surface area contributed by atoms with Crippen molar-refractivity contribution in [2.45, 2.75) is 46.1 Å². The smallest absolute Gasteiger partial charge is 0.314 e. The number of carboxylic acid groups (broad SMARTS) is 1. The number of aliphatic hydroxyl groups is 1. The number of carbonyl (C=O) groups is 1. The second kappa shape index (κ2) is 6.88. The summed E-state index contributed by atoms with van der Waals surface area (Å²) in [6.45, 7) is 6.87. The van der Waals surface area contributed by atoms with E-state index in [1.807, 2.05) is 23.3 Å². The van der Waals surface area contributed by atoms with Crippen LogP contribution in [0.1, 0.15) is 38.9 Å². The van der Waals surface area contributed by atoms with Crippen LogP contribution in [0.2, 0.25) is 0 Å². The van der Waals surface area contributed by atoms with Crippen LogP contribution < -0.4 is 4.90 Å². The molecule has 1 aliphatic rings. The zero-order valence-electron chi connectivity index (χ0n) is 14.9. The summed E-state index contributed by atoms with van der Waals surface area (Å²) in [5.41, 5.74) is -1.15. The molecule has 1 fully saturated rings. The number of aryl methyl sites for hydroxylation is 1. The number of aromatic nitrogens is 2. The molecule has 0 radical (unpaired) electrons. The fourth-order valence-electron chi connectivity index (χ4n) is 3.55. The maximum Gasteiger partial charge on any atom is 0.314 e. The molecule has 2 aromatic rings. The monoisotopic (exact) mass is 363 g/mol. The molecule has 0 unspecified atom stereocenters. The van der Waals surface area contributed by atoms with Crippen LogP contribution >= 0.6 is 11.3 Å². The third-order valence-electron chi connectivity index (χ3n) is 5.09. The SMILES string of the molecule is Cc1nc(N2CC[C@@H](O)[C@](CCC(C)C)(C(=O)O)C2)c2ccsc2n1. The summed E-state index contributed by atoms with van der Waals surface area (Å²) < 4.78 is 0. The molecule has 0 bridgehead atoms. The fourth-order valence-corrected chi connectivity index (χ4v) is 4.36. The van der Waals surface area contributed by atoms with Crippen molar-refractivity contribution in [3.63, 3.8) is 0 Å². The van der Waals surface area contributed by atoms with Crippen LogP contribution in [-0.4, -0.2) is 45.3 Å². The van der Waals surface area contributed by atoms with Crippen molar-refractivity contribution < 1.29 is 15.0 Å². The predicted octanol–water partition coefficient (Wildman–Crippen LogP) is 3.08. The van der Waals surface area contributed by atoms with Crippen molar-refractivity contribution in [2.75, 3.05) is 18.0 Å². The predicted molar refractivity (Wildman–Crippen MR) is 99.1 cm³/mol. The van der Waals surface area contributed by atoms with Crippen LogP contribution in [0.25, 0.3) is 10.2 Å². The molecule has 1 saturated heterocycles. The molecule has 0 aromatic carbocycles. The Morgan fingerprint density at radius 1 is 1.48 bits per heavy atom. The molecule has 2 aromatic heterocycles. The van der Waals surface area contributed by atoms with Gasteiger partial charge in [0.05, 0.1) is 11.5 Å². The molecule has 6 nitrogen and oxygen atoms in total. The number of carboxylic acids is 1. The normalized spacial score (nSPS) is 24.2. The minimum atomic E-state index is -1.15. The quantitative estimate of drug-likeness (QED) is 0.849. The minimum Gasteiger partial charge on any atom is -0.481 e. The number of fused-ring (bicyclic) bond motifs is 1. The Labute approximate surface area is 151 Å². The lowest BCUT2D eigenvalue weighted by Gasteiger charge is -2.44. The van der Waals surface area contributed by atoms with Gasteiger partial charge in [-0.05, 0) is 43.6 Å². The Morgan fingerprint density at radius 3 is 2.92 bits per heavy atom. The zero-order chi connectivity index (χ0) is 18.2. The summed E-state index contributed by atoms with van der Waals surface area (Å²) in [5, 5.41) is 23.4. The standard InChI is InChI=1S/C18H25N3O3S/c1-11(2)4-7-18(17(23)24)10-21(8-5-14(18)22)15-13-6-9-25-16(13)20-12(3)19-15/h6,9,11,14,22H,4-5,7-8,10H2,1-3H3,(H,23,24)/t14-,18-/m1/s1. The number of thiophene rings is 1. The highest BCUT2D eigenvalue weighted by Crippen LogP contribution is 2.39. The van der Waals surface area contributed by atoms with E-state index in [9.17, 15) is 15.0 Å². The first-order valence-corrected chi connectivity index (χ1v) is 9.59. The first-order valence-electron chi connectivity index (χ1n) is 8.72. The van der Waals surface area contributed by atoms with Gasteiger partial charge >= 0.3 is 5.97 Å². The second-order valence-electron chi connectivity index (χ2n) is 7.35. The Balaban J connectivity index is 1.98. The first kappa shape index (κ1) is 18.1. The number of aliphatic hydroxyl groups excluding tert-OH is 1. The highest BCUT2D eigenvalue weighted by molar-refractivity contribution is 7.16. The van der Waals surface area contributed by atoms with Gasteiger partial charge in [0, 0.05) is 13.1 Å². The highest BCUT2D eigenvalue weighted by atomic mass is 32.1. The molecule has 0 spiro atoms. The van der Waals surface area contributed by atoms with E-state index in [0.717, 1.165) is 22.5 Å². The summed E-state index contributed by atoms with van der Waals surface area (Å²) in [4.78, 5) is 24.1. The lowest BCUT2D eigenvalue weighted by molar-refractivity contribution is -0.158. The van der Waals surface area contributed by atoms with Crippen molar-refractivity contribution >= 4 is 33.3 Å². The van der Waals surface area contributed by atoms with Gasteiger partial charge in [0.2, 0.25) is 0 Å². The molecule has 0 amide bonds. The van der Waals surface area contributed by atoms with E-state index in [1.165, 1.54) is 0 Å². The second-order valence-corrected chi connectivity index (χ2v) is 8.25. The molecule has 3 heterocycles. The molecule has 2 atom stereocenters. The third-order valence-corrected chi connectivity index (χ3v) is 5.90. The van der Waals surface area contributed by atoms with Gasteiger partial charge in [0.25, 0.3) is 0 Å². The van der Waals surface area contributed by atoms with Crippen LogP contribution in [0, 0.1) is 18.3 Å². The fraction of sp³-hybridized carbons (Fsp3) is 0.611. The van der Waals surface area contributed by atoms with E-state index in [4.69, 9.17) is 0 Å². The average molecular weight is 363 g/mol. The summed E-state index contributed by atoms with van der Waals surface area (Å²) in [7, 11) is 0. The van der Waals surface area contributed by atoms with Crippen molar-refractivity contribution in [1.29, 1.82) is 0 Å². The average Bonchev–Trinajstić information content (AvgIpc) is 3.01. The molecule has 136 valence electrons. The molecule has 0 aliphatic carbocycles. The van der Waals surface area contributed by atoms with Crippen LogP contribution in [0.4, 0.5) is 5.82 Å². The molecule has 2 N–H and O–H groups in total. The minimum absolute atomic E-state index is 0.275. The molecule has 1 aliphatic heterocycles. The molecular weight excluding hydrogens is 338 g/mol. The molecular formula is C18H25N3O3S. The van der Waals surface area contributed by atoms with Gasteiger partial charge in [-0.3, -0.25) is 4.79 Å². The summed E-state index contributed by atoms with van der Waals surface area (Å²) in [5.74, 6) is 0.936. The summed E-state index contributed by atoms with van der Waals surface area (Å²) in [6.07, 6.45) is 0.836. The van der Waals surface area contributed by atoms with Gasteiger partial charge in [-0.1, -0.05) is 13.8 Å². The van der Waals surface area contributed by atoms with E-state index in [1.54, 1.807) is 11.3 Å². The number of hydrogen-bond donors (Lipinski definition) is 2. The summed E-state index contributed by atoms with van der Waals surface area (Å²) >= 11 is 1.56.